The van der Waals surface area contributed by atoms with Gasteiger partial charge < -0.3 is 29.6 Å². The summed E-state index contributed by atoms with van der Waals surface area (Å²) in [5, 5.41) is 5.53. The minimum atomic E-state index is -0.221. The molecule has 0 spiro atoms. The van der Waals surface area contributed by atoms with Gasteiger partial charge in [-0.15, -0.1) is 0 Å². The maximum Gasteiger partial charge on any atom is 0.315 e. The molecule has 1 aliphatic heterocycles. The molecule has 128 valence electrons. The zero-order valence-corrected chi connectivity index (χ0v) is 13.6. The first kappa shape index (κ1) is 17.2. The number of benzene rings is 1. The van der Waals surface area contributed by atoms with Gasteiger partial charge in [-0.05, 0) is 25.0 Å². The molecule has 0 saturated carbocycles. The highest BCUT2D eigenvalue weighted by molar-refractivity contribution is 5.73. The Bertz CT molecular complexity index is 503. The van der Waals surface area contributed by atoms with Crippen LogP contribution in [0.2, 0.25) is 0 Å². The standard InChI is InChI=1S/C16H24N2O5/c1-20-13-6-3-7-14(15(13)21-2)23-10-8-17-16(19)18-11-12-5-4-9-22-12/h3,6-7,12H,4-5,8-11H2,1-2H3,(H2,17,18,19). The van der Waals surface area contributed by atoms with Gasteiger partial charge in [0.2, 0.25) is 5.75 Å². The van der Waals surface area contributed by atoms with Gasteiger partial charge in [0.25, 0.3) is 0 Å². The van der Waals surface area contributed by atoms with E-state index in [-0.39, 0.29) is 12.1 Å². The number of urea groups is 1. The summed E-state index contributed by atoms with van der Waals surface area (Å²) in [4.78, 5) is 11.7. The molecule has 1 aromatic rings. The van der Waals surface area contributed by atoms with Crippen molar-refractivity contribution in [2.75, 3.05) is 40.5 Å². The topological polar surface area (TPSA) is 78.1 Å². The predicted octanol–water partition coefficient (Wildman–Crippen LogP) is 1.56. The van der Waals surface area contributed by atoms with Crippen LogP contribution in [0.15, 0.2) is 18.2 Å². The van der Waals surface area contributed by atoms with Crippen molar-refractivity contribution in [3.63, 3.8) is 0 Å². The Morgan fingerprint density at radius 2 is 2.09 bits per heavy atom. The van der Waals surface area contributed by atoms with Crippen LogP contribution in [0.5, 0.6) is 17.2 Å². The zero-order valence-electron chi connectivity index (χ0n) is 13.6. The molecular weight excluding hydrogens is 300 g/mol. The Morgan fingerprint density at radius 1 is 1.26 bits per heavy atom. The molecule has 0 aromatic heterocycles. The van der Waals surface area contributed by atoms with E-state index in [1.807, 2.05) is 6.07 Å². The first-order chi connectivity index (χ1) is 11.2. The molecule has 7 nitrogen and oxygen atoms in total. The van der Waals surface area contributed by atoms with E-state index in [4.69, 9.17) is 18.9 Å². The number of methoxy groups -OCH3 is 2. The molecule has 1 heterocycles. The second-order valence-electron chi connectivity index (χ2n) is 5.11. The summed E-state index contributed by atoms with van der Waals surface area (Å²) in [5.41, 5.74) is 0. The van der Waals surface area contributed by atoms with Crippen molar-refractivity contribution >= 4 is 6.03 Å². The van der Waals surface area contributed by atoms with Gasteiger partial charge in [0.15, 0.2) is 11.5 Å². The van der Waals surface area contributed by atoms with E-state index < -0.39 is 0 Å². The van der Waals surface area contributed by atoms with Crippen molar-refractivity contribution < 1.29 is 23.7 Å². The van der Waals surface area contributed by atoms with Crippen molar-refractivity contribution in [3.8, 4) is 17.2 Å². The number of hydrogen-bond acceptors (Lipinski definition) is 5. The number of rotatable bonds is 8. The smallest absolute Gasteiger partial charge is 0.315 e. The third-order valence-corrected chi connectivity index (χ3v) is 3.53. The molecular formula is C16H24N2O5. The zero-order chi connectivity index (χ0) is 16.5. The Kier molecular flexibility index (Phi) is 6.80. The molecule has 1 atom stereocenters. The number of para-hydroxylation sites is 1. The van der Waals surface area contributed by atoms with Crippen LogP contribution in [0.25, 0.3) is 0 Å². The van der Waals surface area contributed by atoms with Crippen LogP contribution in [0.1, 0.15) is 12.8 Å². The van der Waals surface area contributed by atoms with Crippen molar-refractivity contribution in [1.29, 1.82) is 0 Å². The highest BCUT2D eigenvalue weighted by Crippen LogP contribution is 2.36. The molecule has 0 radical (unpaired) electrons. The minimum Gasteiger partial charge on any atom is -0.493 e. The number of nitrogens with one attached hydrogen (secondary N) is 2. The predicted molar refractivity (Wildman–Crippen MR) is 85.4 cm³/mol. The van der Waals surface area contributed by atoms with Gasteiger partial charge in [-0.2, -0.15) is 0 Å². The number of carbonyl (C=O) groups is 1. The molecule has 1 unspecified atom stereocenters. The van der Waals surface area contributed by atoms with E-state index in [0.717, 1.165) is 19.4 Å². The lowest BCUT2D eigenvalue weighted by atomic mass is 10.2. The summed E-state index contributed by atoms with van der Waals surface area (Å²) >= 11 is 0. The van der Waals surface area contributed by atoms with Crippen LogP contribution < -0.4 is 24.8 Å². The largest absolute Gasteiger partial charge is 0.493 e. The normalized spacial score (nSPS) is 16.7. The van der Waals surface area contributed by atoms with Crippen LogP contribution in [0, 0.1) is 0 Å². The molecule has 7 heteroatoms. The maximum absolute atomic E-state index is 11.7. The lowest BCUT2D eigenvalue weighted by molar-refractivity contribution is 0.111. The van der Waals surface area contributed by atoms with E-state index in [0.29, 0.717) is 36.9 Å². The molecule has 0 aliphatic carbocycles. The second-order valence-corrected chi connectivity index (χ2v) is 5.11. The van der Waals surface area contributed by atoms with Crippen molar-refractivity contribution in [1.82, 2.24) is 10.6 Å². The van der Waals surface area contributed by atoms with Gasteiger partial charge in [-0.3, -0.25) is 0 Å². The van der Waals surface area contributed by atoms with Gasteiger partial charge >= 0.3 is 6.03 Å². The lowest BCUT2D eigenvalue weighted by Crippen LogP contribution is -2.41. The van der Waals surface area contributed by atoms with Gasteiger partial charge in [-0.1, -0.05) is 6.07 Å². The van der Waals surface area contributed by atoms with Crippen LogP contribution in [0.4, 0.5) is 4.79 Å². The fourth-order valence-corrected chi connectivity index (χ4v) is 2.37. The van der Waals surface area contributed by atoms with Crippen LogP contribution in [-0.4, -0.2) is 52.7 Å². The fraction of sp³-hybridized carbons (Fsp3) is 0.562. The number of carbonyl (C=O) groups excluding carboxylic acids is 1. The van der Waals surface area contributed by atoms with E-state index in [1.165, 1.54) is 0 Å². The summed E-state index contributed by atoms with van der Waals surface area (Å²) in [7, 11) is 3.13. The van der Waals surface area contributed by atoms with Crippen LogP contribution >= 0.6 is 0 Å². The van der Waals surface area contributed by atoms with Gasteiger partial charge in [-0.25, -0.2) is 4.79 Å². The molecule has 2 rings (SSSR count). The Morgan fingerprint density at radius 3 is 2.78 bits per heavy atom. The van der Waals surface area contributed by atoms with E-state index >= 15 is 0 Å². The highest BCUT2D eigenvalue weighted by atomic mass is 16.5. The summed E-state index contributed by atoms with van der Waals surface area (Å²) in [6.07, 6.45) is 2.20. The monoisotopic (exact) mass is 324 g/mol. The fourth-order valence-electron chi connectivity index (χ4n) is 2.37. The van der Waals surface area contributed by atoms with Gasteiger partial charge in [0.1, 0.15) is 6.61 Å². The molecule has 1 aromatic carbocycles. The second kappa shape index (κ2) is 9.09. The molecule has 1 saturated heterocycles. The average molecular weight is 324 g/mol. The molecule has 2 N–H and O–H groups in total. The van der Waals surface area contributed by atoms with Crippen LogP contribution in [0.3, 0.4) is 0 Å². The Labute approximate surface area is 136 Å². The van der Waals surface area contributed by atoms with E-state index in [9.17, 15) is 4.79 Å². The van der Waals surface area contributed by atoms with Crippen molar-refractivity contribution in [3.05, 3.63) is 18.2 Å². The first-order valence-corrected chi connectivity index (χ1v) is 7.71. The Hall–Kier alpha value is -2.15. The first-order valence-electron chi connectivity index (χ1n) is 7.71. The summed E-state index contributed by atoms with van der Waals surface area (Å²) < 4.78 is 21.6. The maximum atomic E-state index is 11.7. The lowest BCUT2D eigenvalue weighted by Gasteiger charge is -2.14. The summed E-state index contributed by atoms with van der Waals surface area (Å²) in [6.45, 7) is 2.04. The highest BCUT2D eigenvalue weighted by Gasteiger charge is 2.16. The molecule has 2 amide bonds. The third-order valence-electron chi connectivity index (χ3n) is 3.53. The van der Waals surface area contributed by atoms with Crippen molar-refractivity contribution in [2.45, 2.75) is 18.9 Å². The molecule has 23 heavy (non-hydrogen) atoms. The van der Waals surface area contributed by atoms with Gasteiger partial charge in [0.05, 0.1) is 26.9 Å². The molecule has 1 aliphatic rings. The van der Waals surface area contributed by atoms with E-state index in [1.54, 1.807) is 26.4 Å². The van der Waals surface area contributed by atoms with Gasteiger partial charge in [0, 0.05) is 13.2 Å². The Balaban J connectivity index is 1.67. The molecule has 0 bridgehead atoms. The third kappa shape index (κ3) is 5.21. The number of amides is 2. The SMILES string of the molecule is COc1cccc(OCCNC(=O)NCC2CCCO2)c1OC. The molecule has 1 fully saturated rings. The quantitative estimate of drug-likeness (QED) is 0.710. The number of hydrogen-bond donors (Lipinski definition) is 2. The minimum absolute atomic E-state index is 0.137. The number of ether oxygens (including phenoxy) is 4. The average Bonchev–Trinajstić information content (AvgIpc) is 3.10. The summed E-state index contributed by atoms with van der Waals surface area (Å²) in [5.74, 6) is 1.72. The van der Waals surface area contributed by atoms with E-state index in [2.05, 4.69) is 10.6 Å². The van der Waals surface area contributed by atoms with Crippen molar-refractivity contribution in [2.24, 2.45) is 0 Å². The van der Waals surface area contributed by atoms with Crippen LogP contribution in [-0.2, 0) is 4.74 Å². The summed E-state index contributed by atoms with van der Waals surface area (Å²) in [6, 6.07) is 5.18.